The van der Waals surface area contributed by atoms with Gasteiger partial charge in [0.2, 0.25) is 0 Å². The van der Waals surface area contributed by atoms with Gasteiger partial charge in [0.15, 0.2) is 0 Å². The van der Waals surface area contributed by atoms with Crippen LogP contribution >= 0.6 is 0 Å². The number of fused-ring (bicyclic) bond motifs is 1. The molecule has 0 aliphatic carbocycles. The van der Waals surface area contributed by atoms with Crippen LogP contribution in [0.25, 0.3) is 10.8 Å². The summed E-state index contributed by atoms with van der Waals surface area (Å²) in [6.45, 7) is 5.74. The second kappa shape index (κ2) is 7.53. The Balaban J connectivity index is 1.50. The summed E-state index contributed by atoms with van der Waals surface area (Å²) < 4.78 is 0. The van der Waals surface area contributed by atoms with E-state index in [2.05, 4.69) is 39.5 Å². The minimum Gasteiger partial charge on any atom is -0.311 e. The van der Waals surface area contributed by atoms with E-state index in [1.807, 2.05) is 12.4 Å². The molecule has 0 radical (unpaired) electrons. The van der Waals surface area contributed by atoms with Crippen LogP contribution < -0.4 is 5.32 Å². The van der Waals surface area contributed by atoms with Crippen LogP contribution in [0.1, 0.15) is 31.2 Å². The van der Waals surface area contributed by atoms with Crippen LogP contribution in [-0.4, -0.2) is 36.1 Å². The molecule has 0 saturated carbocycles. The third-order valence-corrected chi connectivity index (χ3v) is 4.39. The molecule has 2 aromatic rings. The summed E-state index contributed by atoms with van der Waals surface area (Å²) >= 11 is 0. The predicted octanol–water partition coefficient (Wildman–Crippen LogP) is 3.20. The van der Waals surface area contributed by atoms with Crippen molar-refractivity contribution in [1.29, 1.82) is 0 Å². The van der Waals surface area contributed by atoms with Gasteiger partial charge in [0, 0.05) is 37.4 Å². The monoisotopic (exact) mass is 283 g/mol. The van der Waals surface area contributed by atoms with Gasteiger partial charge in [0.05, 0.1) is 0 Å². The number of pyridine rings is 1. The number of rotatable bonds is 5. The summed E-state index contributed by atoms with van der Waals surface area (Å²) in [7, 11) is 0. The molecule has 1 aromatic heterocycles. The van der Waals surface area contributed by atoms with E-state index >= 15 is 0 Å². The summed E-state index contributed by atoms with van der Waals surface area (Å²) in [4.78, 5) is 6.80. The fourth-order valence-electron chi connectivity index (χ4n) is 3.16. The van der Waals surface area contributed by atoms with E-state index in [4.69, 9.17) is 0 Å². The van der Waals surface area contributed by atoms with E-state index in [1.165, 1.54) is 61.7 Å². The molecule has 2 heterocycles. The Kier molecular flexibility index (Phi) is 5.19. The first-order chi connectivity index (χ1) is 10.4. The van der Waals surface area contributed by atoms with Crippen molar-refractivity contribution in [3.63, 3.8) is 0 Å². The summed E-state index contributed by atoms with van der Waals surface area (Å²) in [5.41, 5.74) is 1.37. The maximum atomic E-state index is 4.19. The van der Waals surface area contributed by atoms with Gasteiger partial charge in [-0.15, -0.1) is 0 Å². The van der Waals surface area contributed by atoms with E-state index in [0.717, 1.165) is 13.1 Å². The quantitative estimate of drug-likeness (QED) is 0.854. The SMILES string of the molecule is c1cc(CNCCN2CCCCCC2)c2ccncc2c1. The Morgan fingerprint density at radius 3 is 2.76 bits per heavy atom. The third-order valence-electron chi connectivity index (χ3n) is 4.39. The van der Waals surface area contributed by atoms with Crippen molar-refractivity contribution in [3.05, 3.63) is 42.2 Å². The van der Waals surface area contributed by atoms with Crippen molar-refractivity contribution in [2.24, 2.45) is 0 Å². The standard InChI is InChI=1S/C18H25N3/c1-2-4-12-21(11-3-1)13-10-20-15-17-7-5-6-16-14-19-9-8-18(16)17/h5-9,14,20H,1-4,10-13,15H2. The molecule has 1 aromatic carbocycles. The normalized spacial score (nSPS) is 17.0. The van der Waals surface area contributed by atoms with Crippen molar-refractivity contribution < 1.29 is 0 Å². The molecule has 0 bridgehead atoms. The number of benzene rings is 1. The third kappa shape index (κ3) is 4.02. The van der Waals surface area contributed by atoms with E-state index in [0.29, 0.717) is 0 Å². The zero-order valence-corrected chi connectivity index (χ0v) is 12.7. The van der Waals surface area contributed by atoms with E-state index < -0.39 is 0 Å². The number of aromatic nitrogens is 1. The summed E-state index contributed by atoms with van der Waals surface area (Å²) in [6.07, 6.45) is 9.38. The van der Waals surface area contributed by atoms with Crippen LogP contribution in [-0.2, 0) is 6.54 Å². The predicted molar refractivity (Wildman–Crippen MR) is 88.4 cm³/mol. The minimum absolute atomic E-state index is 0.940. The van der Waals surface area contributed by atoms with E-state index in [9.17, 15) is 0 Å². The molecular formula is C18H25N3. The average molecular weight is 283 g/mol. The summed E-state index contributed by atoms with van der Waals surface area (Å²) in [5, 5.41) is 6.14. The highest BCUT2D eigenvalue weighted by atomic mass is 15.1. The van der Waals surface area contributed by atoms with Gasteiger partial charge in [-0.2, -0.15) is 0 Å². The number of hydrogen-bond donors (Lipinski definition) is 1. The molecular weight excluding hydrogens is 258 g/mol. The molecule has 1 aliphatic rings. The van der Waals surface area contributed by atoms with Crippen molar-refractivity contribution in [3.8, 4) is 0 Å². The molecule has 1 saturated heterocycles. The second-order valence-electron chi connectivity index (χ2n) is 5.95. The molecule has 0 amide bonds. The lowest BCUT2D eigenvalue weighted by Crippen LogP contribution is -2.32. The second-order valence-corrected chi connectivity index (χ2v) is 5.95. The minimum atomic E-state index is 0.940. The smallest absolute Gasteiger partial charge is 0.0346 e. The van der Waals surface area contributed by atoms with Crippen LogP contribution in [0, 0.1) is 0 Å². The van der Waals surface area contributed by atoms with Crippen LogP contribution in [0.4, 0.5) is 0 Å². The Bertz CT molecular complexity index is 554. The van der Waals surface area contributed by atoms with Gasteiger partial charge in [-0.3, -0.25) is 4.98 Å². The largest absolute Gasteiger partial charge is 0.311 e. The highest BCUT2D eigenvalue weighted by molar-refractivity contribution is 5.84. The molecule has 112 valence electrons. The highest BCUT2D eigenvalue weighted by Gasteiger charge is 2.08. The van der Waals surface area contributed by atoms with Crippen molar-refractivity contribution in [1.82, 2.24) is 15.2 Å². The molecule has 3 rings (SSSR count). The van der Waals surface area contributed by atoms with Crippen LogP contribution in [0.5, 0.6) is 0 Å². The summed E-state index contributed by atoms with van der Waals surface area (Å²) in [5.74, 6) is 0. The van der Waals surface area contributed by atoms with Gasteiger partial charge in [0.25, 0.3) is 0 Å². The maximum Gasteiger partial charge on any atom is 0.0346 e. The first kappa shape index (κ1) is 14.5. The number of likely N-dealkylation sites (tertiary alicyclic amines) is 1. The van der Waals surface area contributed by atoms with Gasteiger partial charge >= 0.3 is 0 Å². The zero-order valence-electron chi connectivity index (χ0n) is 12.7. The fourth-order valence-corrected chi connectivity index (χ4v) is 3.16. The first-order valence-electron chi connectivity index (χ1n) is 8.18. The molecule has 0 spiro atoms. The topological polar surface area (TPSA) is 28.2 Å². The lowest BCUT2D eigenvalue weighted by Gasteiger charge is -2.19. The van der Waals surface area contributed by atoms with E-state index in [-0.39, 0.29) is 0 Å². The Labute approximate surface area is 127 Å². The summed E-state index contributed by atoms with van der Waals surface area (Å²) in [6, 6.07) is 8.57. The molecule has 21 heavy (non-hydrogen) atoms. The number of hydrogen-bond acceptors (Lipinski definition) is 3. The molecule has 0 atom stereocenters. The zero-order chi connectivity index (χ0) is 14.3. The van der Waals surface area contributed by atoms with Gasteiger partial charge in [-0.05, 0) is 42.9 Å². The maximum absolute atomic E-state index is 4.19. The Morgan fingerprint density at radius 2 is 1.90 bits per heavy atom. The molecule has 1 aliphatic heterocycles. The molecule has 3 heteroatoms. The van der Waals surface area contributed by atoms with Gasteiger partial charge < -0.3 is 10.2 Å². The van der Waals surface area contributed by atoms with Gasteiger partial charge in [-0.25, -0.2) is 0 Å². The molecule has 1 N–H and O–H groups in total. The number of nitrogens with zero attached hydrogens (tertiary/aromatic N) is 2. The molecule has 0 unspecified atom stereocenters. The number of nitrogens with one attached hydrogen (secondary N) is 1. The fraction of sp³-hybridized carbons (Fsp3) is 0.500. The van der Waals surface area contributed by atoms with Crippen molar-refractivity contribution in [2.75, 3.05) is 26.2 Å². The van der Waals surface area contributed by atoms with Crippen LogP contribution in [0.3, 0.4) is 0 Å². The van der Waals surface area contributed by atoms with Gasteiger partial charge in [-0.1, -0.05) is 31.0 Å². The van der Waals surface area contributed by atoms with Crippen LogP contribution in [0.15, 0.2) is 36.7 Å². The average Bonchev–Trinajstić information content (AvgIpc) is 2.80. The molecule has 3 nitrogen and oxygen atoms in total. The van der Waals surface area contributed by atoms with Crippen molar-refractivity contribution in [2.45, 2.75) is 32.2 Å². The lowest BCUT2D eigenvalue weighted by atomic mass is 10.1. The Hall–Kier alpha value is -1.45. The highest BCUT2D eigenvalue weighted by Crippen LogP contribution is 2.17. The van der Waals surface area contributed by atoms with Crippen LogP contribution in [0.2, 0.25) is 0 Å². The molecule has 1 fully saturated rings. The van der Waals surface area contributed by atoms with Crippen molar-refractivity contribution >= 4 is 10.8 Å². The van der Waals surface area contributed by atoms with Gasteiger partial charge in [0.1, 0.15) is 0 Å². The first-order valence-corrected chi connectivity index (χ1v) is 8.18. The Morgan fingerprint density at radius 1 is 1.05 bits per heavy atom. The van der Waals surface area contributed by atoms with E-state index in [1.54, 1.807) is 0 Å². The lowest BCUT2D eigenvalue weighted by molar-refractivity contribution is 0.284.